The van der Waals surface area contributed by atoms with Crippen molar-refractivity contribution in [3.63, 3.8) is 0 Å². The highest BCUT2D eigenvalue weighted by Crippen LogP contribution is 2.37. The minimum atomic E-state index is -0.136. The zero-order chi connectivity index (χ0) is 14.7. The molecule has 112 valence electrons. The van der Waals surface area contributed by atoms with E-state index in [0.717, 1.165) is 18.5 Å². The van der Waals surface area contributed by atoms with E-state index in [-0.39, 0.29) is 5.82 Å². The van der Waals surface area contributed by atoms with Crippen LogP contribution in [-0.2, 0) is 12.8 Å². The third-order valence-corrected chi connectivity index (χ3v) is 5.39. The first-order chi connectivity index (χ1) is 10.3. The van der Waals surface area contributed by atoms with Gasteiger partial charge in [-0.3, -0.25) is 0 Å². The topological polar surface area (TPSA) is 12.0 Å². The van der Waals surface area contributed by atoms with Crippen LogP contribution in [0.5, 0.6) is 0 Å². The molecule has 0 spiro atoms. The average molecular weight is 303 g/mol. The first kappa shape index (κ1) is 14.7. The number of fused-ring (bicyclic) bond motifs is 1. The minimum absolute atomic E-state index is 0.136. The number of nitrogens with one attached hydrogen (secondary N) is 1. The monoisotopic (exact) mass is 303 g/mol. The van der Waals surface area contributed by atoms with Gasteiger partial charge in [0.1, 0.15) is 5.82 Å². The first-order valence-electron chi connectivity index (χ1n) is 7.82. The summed E-state index contributed by atoms with van der Waals surface area (Å²) in [5, 5.41) is 5.85. The molecule has 0 fully saturated rings. The Morgan fingerprint density at radius 2 is 2.29 bits per heavy atom. The molecule has 2 unspecified atom stereocenters. The molecular formula is C18H22FNS. The van der Waals surface area contributed by atoms with E-state index in [0.29, 0.717) is 12.0 Å². The quantitative estimate of drug-likeness (QED) is 0.856. The lowest BCUT2D eigenvalue weighted by Crippen LogP contribution is -2.38. The Bertz CT molecular complexity index is 592. The summed E-state index contributed by atoms with van der Waals surface area (Å²) < 4.78 is 13.4. The van der Waals surface area contributed by atoms with Crippen LogP contribution in [-0.4, -0.2) is 12.6 Å². The molecule has 1 aliphatic rings. The molecule has 2 atom stereocenters. The van der Waals surface area contributed by atoms with Crippen molar-refractivity contribution in [1.82, 2.24) is 5.32 Å². The molecule has 1 heterocycles. The Balaban J connectivity index is 1.82. The molecule has 0 amide bonds. The van der Waals surface area contributed by atoms with Crippen LogP contribution < -0.4 is 5.32 Å². The van der Waals surface area contributed by atoms with E-state index >= 15 is 0 Å². The maximum absolute atomic E-state index is 13.4. The number of hydrogen-bond donors (Lipinski definition) is 1. The fraction of sp³-hybridized carbons (Fsp3) is 0.444. The third kappa shape index (κ3) is 3.35. The van der Waals surface area contributed by atoms with Gasteiger partial charge in [-0.25, -0.2) is 4.39 Å². The van der Waals surface area contributed by atoms with E-state index < -0.39 is 0 Å². The molecule has 1 aliphatic carbocycles. The summed E-state index contributed by atoms with van der Waals surface area (Å²) in [6.07, 6.45) is 4.62. The second-order valence-electron chi connectivity index (χ2n) is 5.80. The average Bonchev–Trinajstić information content (AvgIpc) is 2.95. The van der Waals surface area contributed by atoms with Gasteiger partial charge in [0, 0.05) is 16.8 Å². The SMILES string of the molecule is CCNC(Cc1cccc(F)c1)C1CCCc2sccc21. The summed E-state index contributed by atoms with van der Waals surface area (Å²) >= 11 is 1.89. The lowest BCUT2D eigenvalue weighted by molar-refractivity contribution is 0.398. The molecule has 21 heavy (non-hydrogen) atoms. The normalized spacial score (nSPS) is 19.2. The zero-order valence-electron chi connectivity index (χ0n) is 12.4. The molecule has 3 heteroatoms. The van der Waals surface area contributed by atoms with Crippen LogP contribution in [0.2, 0.25) is 0 Å². The predicted octanol–water partition coefficient (Wildman–Crippen LogP) is 4.53. The fourth-order valence-electron chi connectivity index (χ4n) is 3.48. The summed E-state index contributed by atoms with van der Waals surface area (Å²) in [6.45, 7) is 3.10. The molecule has 1 N–H and O–H groups in total. The number of halogens is 1. The predicted molar refractivity (Wildman–Crippen MR) is 87.6 cm³/mol. The molecular weight excluding hydrogens is 281 g/mol. The highest BCUT2D eigenvalue weighted by Gasteiger charge is 2.28. The van der Waals surface area contributed by atoms with Crippen molar-refractivity contribution in [2.24, 2.45) is 0 Å². The van der Waals surface area contributed by atoms with Crippen LogP contribution in [0.1, 0.15) is 41.7 Å². The van der Waals surface area contributed by atoms with Gasteiger partial charge in [0.05, 0.1) is 0 Å². The van der Waals surface area contributed by atoms with Gasteiger partial charge in [0.15, 0.2) is 0 Å². The summed E-state index contributed by atoms with van der Waals surface area (Å²) in [4.78, 5) is 1.55. The van der Waals surface area contributed by atoms with E-state index in [1.807, 2.05) is 23.5 Å². The van der Waals surface area contributed by atoms with Crippen molar-refractivity contribution in [3.05, 3.63) is 57.5 Å². The van der Waals surface area contributed by atoms with Gasteiger partial charge >= 0.3 is 0 Å². The minimum Gasteiger partial charge on any atom is -0.313 e. The Morgan fingerprint density at radius 3 is 3.10 bits per heavy atom. The van der Waals surface area contributed by atoms with E-state index in [4.69, 9.17) is 0 Å². The second kappa shape index (κ2) is 6.71. The Morgan fingerprint density at radius 1 is 1.38 bits per heavy atom. The van der Waals surface area contributed by atoms with Gasteiger partial charge in [0.2, 0.25) is 0 Å². The molecule has 0 bridgehead atoms. The molecule has 0 radical (unpaired) electrons. The largest absolute Gasteiger partial charge is 0.313 e. The number of thiophene rings is 1. The molecule has 1 aromatic carbocycles. The van der Waals surface area contributed by atoms with Crippen LogP contribution in [0.15, 0.2) is 35.7 Å². The van der Waals surface area contributed by atoms with Gasteiger partial charge in [0.25, 0.3) is 0 Å². The fourth-order valence-corrected chi connectivity index (χ4v) is 4.47. The highest BCUT2D eigenvalue weighted by atomic mass is 32.1. The lowest BCUT2D eigenvalue weighted by Gasteiger charge is -2.31. The summed E-state index contributed by atoms with van der Waals surface area (Å²) in [7, 11) is 0. The van der Waals surface area contributed by atoms with Gasteiger partial charge in [-0.15, -0.1) is 11.3 Å². The summed E-state index contributed by atoms with van der Waals surface area (Å²) in [5.74, 6) is 0.422. The smallest absolute Gasteiger partial charge is 0.123 e. The van der Waals surface area contributed by atoms with E-state index in [2.05, 4.69) is 23.7 Å². The Hall–Kier alpha value is -1.19. The lowest BCUT2D eigenvalue weighted by atomic mass is 9.80. The van der Waals surface area contributed by atoms with Gasteiger partial charge in [-0.1, -0.05) is 19.1 Å². The number of benzene rings is 1. The van der Waals surface area contributed by atoms with Crippen LogP contribution in [0.3, 0.4) is 0 Å². The van der Waals surface area contributed by atoms with Gasteiger partial charge in [-0.05, 0) is 66.9 Å². The van der Waals surface area contributed by atoms with Crippen molar-refractivity contribution in [1.29, 1.82) is 0 Å². The molecule has 3 rings (SSSR count). The van der Waals surface area contributed by atoms with Gasteiger partial charge < -0.3 is 5.32 Å². The van der Waals surface area contributed by atoms with Crippen molar-refractivity contribution >= 4 is 11.3 Å². The van der Waals surface area contributed by atoms with Gasteiger partial charge in [-0.2, -0.15) is 0 Å². The third-order valence-electron chi connectivity index (χ3n) is 4.39. The molecule has 0 aliphatic heterocycles. The van der Waals surface area contributed by atoms with E-state index in [9.17, 15) is 4.39 Å². The van der Waals surface area contributed by atoms with Crippen LogP contribution in [0.4, 0.5) is 4.39 Å². The van der Waals surface area contributed by atoms with Crippen molar-refractivity contribution in [2.45, 2.75) is 44.6 Å². The number of rotatable bonds is 5. The van der Waals surface area contributed by atoms with Crippen molar-refractivity contribution in [2.75, 3.05) is 6.54 Å². The Kier molecular flexibility index (Phi) is 4.71. The standard InChI is InChI=1S/C18H22FNS/c1-2-20-17(12-13-5-3-6-14(19)11-13)15-7-4-8-18-16(15)9-10-21-18/h3,5-6,9-11,15,17,20H,2,4,7-8,12H2,1H3. The zero-order valence-corrected chi connectivity index (χ0v) is 13.3. The number of hydrogen-bond acceptors (Lipinski definition) is 2. The van der Waals surface area contributed by atoms with Crippen molar-refractivity contribution < 1.29 is 4.39 Å². The maximum Gasteiger partial charge on any atom is 0.123 e. The number of aryl methyl sites for hydroxylation is 1. The second-order valence-corrected chi connectivity index (χ2v) is 6.80. The molecule has 0 saturated heterocycles. The maximum atomic E-state index is 13.4. The van der Waals surface area contributed by atoms with Crippen LogP contribution >= 0.6 is 11.3 Å². The summed E-state index contributed by atoms with van der Waals surface area (Å²) in [5.41, 5.74) is 2.61. The summed E-state index contributed by atoms with van der Waals surface area (Å²) in [6, 6.07) is 9.71. The van der Waals surface area contributed by atoms with E-state index in [1.54, 1.807) is 10.9 Å². The van der Waals surface area contributed by atoms with E-state index in [1.165, 1.54) is 30.9 Å². The molecule has 0 saturated carbocycles. The van der Waals surface area contributed by atoms with Crippen LogP contribution in [0.25, 0.3) is 0 Å². The van der Waals surface area contributed by atoms with Crippen molar-refractivity contribution in [3.8, 4) is 0 Å². The van der Waals surface area contributed by atoms with Crippen LogP contribution in [0, 0.1) is 5.82 Å². The molecule has 1 nitrogen and oxygen atoms in total. The number of likely N-dealkylation sites (N-methyl/N-ethyl adjacent to an activating group) is 1. The molecule has 1 aromatic heterocycles. The Labute approximate surface area is 130 Å². The highest BCUT2D eigenvalue weighted by molar-refractivity contribution is 7.10. The molecule has 2 aromatic rings. The first-order valence-corrected chi connectivity index (χ1v) is 8.70.